The van der Waals surface area contributed by atoms with Gasteiger partial charge in [0.25, 0.3) is 0 Å². The molecule has 1 N–H and O–H groups in total. The first-order valence-corrected chi connectivity index (χ1v) is 5.10. The summed E-state index contributed by atoms with van der Waals surface area (Å²) in [5.41, 5.74) is 1.62. The highest BCUT2D eigenvalue weighted by Crippen LogP contribution is 2.33. The first-order valence-electron chi connectivity index (χ1n) is 5.10. The summed E-state index contributed by atoms with van der Waals surface area (Å²) >= 11 is 0. The molecule has 3 nitrogen and oxygen atoms in total. The van der Waals surface area contributed by atoms with Gasteiger partial charge in [-0.25, -0.2) is 0 Å². The Morgan fingerprint density at radius 1 is 1.25 bits per heavy atom. The maximum Gasteiger partial charge on any atom is 0.137 e. The number of aliphatic hydroxyl groups is 1. The summed E-state index contributed by atoms with van der Waals surface area (Å²) in [6.07, 6.45) is 0. The second kappa shape index (κ2) is 4.41. The van der Waals surface area contributed by atoms with Gasteiger partial charge in [0, 0.05) is 5.56 Å². The van der Waals surface area contributed by atoms with Crippen LogP contribution in [-0.4, -0.2) is 12.2 Å². The van der Waals surface area contributed by atoms with Crippen molar-refractivity contribution in [3.8, 4) is 17.1 Å². The van der Waals surface area contributed by atoms with E-state index in [0.29, 0.717) is 5.75 Å². The van der Waals surface area contributed by atoms with Crippen LogP contribution in [0, 0.1) is 6.92 Å². The Kier molecular flexibility index (Phi) is 2.97. The summed E-state index contributed by atoms with van der Waals surface area (Å²) in [5, 5.41) is 9.22. The highest BCUT2D eigenvalue weighted by atomic mass is 16.5. The van der Waals surface area contributed by atoms with Crippen LogP contribution in [0.2, 0.25) is 0 Å². The van der Waals surface area contributed by atoms with Gasteiger partial charge < -0.3 is 14.3 Å². The lowest BCUT2D eigenvalue weighted by Crippen LogP contribution is -1.94. The first-order chi connectivity index (χ1) is 7.76. The third-order valence-corrected chi connectivity index (χ3v) is 2.48. The minimum atomic E-state index is -0.0449. The topological polar surface area (TPSA) is 42.6 Å². The van der Waals surface area contributed by atoms with Gasteiger partial charge in [-0.15, -0.1) is 0 Å². The number of para-hydroxylation sites is 1. The van der Waals surface area contributed by atoms with Crippen molar-refractivity contribution in [3.05, 3.63) is 41.7 Å². The van der Waals surface area contributed by atoms with Gasteiger partial charge in [0.1, 0.15) is 17.3 Å². The lowest BCUT2D eigenvalue weighted by molar-refractivity contribution is 0.274. The van der Waals surface area contributed by atoms with Crippen LogP contribution in [0.4, 0.5) is 0 Å². The molecule has 0 radical (unpaired) electrons. The van der Waals surface area contributed by atoms with Crippen molar-refractivity contribution in [1.29, 1.82) is 0 Å². The summed E-state index contributed by atoms with van der Waals surface area (Å²) < 4.78 is 10.9. The number of rotatable bonds is 3. The van der Waals surface area contributed by atoms with Crippen molar-refractivity contribution in [2.24, 2.45) is 0 Å². The molecule has 0 amide bonds. The molecule has 1 aromatic carbocycles. The van der Waals surface area contributed by atoms with Crippen LogP contribution in [0.25, 0.3) is 11.3 Å². The molecule has 0 bridgehead atoms. The van der Waals surface area contributed by atoms with Gasteiger partial charge in [0.05, 0.1) is 19.3 Å². The molecule has 0 fully saturated rings. The Bertz CT molecular complexity index is 486. The van der Waals surface area contributed by atoms with E-state index in [9.17, 15) is 5.11 Å². The molecule has 0 saturated carbocycles. The number of aliphatic hydroxyl groups excluding tert-OH is 1. The van der Waals surface area contributed by atoms with Crippen molar-refractivity contribution in [2.45, 2.75) is 13.5 Å². The van der Waals surface area contributed by atoms with Crippen LogP contribution < -0.4 is 4.74 Å². The third kappa shape index (κ3) is 1.82. The molecule has 0 atom stereocenters. The van der Waals surface area contributed by atoms with Crippen molar-refractivity contribution in [3.63, 3.8) is 0 Å². The number of aryl methyl sites for hydroxylation is 1. The summed E-state index contributed by atoms with van der Waals surface area (Å²) in [7, 11) is 1.59. The van der Waals surface area contributed by atoms with Gasteiger partial charge in [0.2, 0.25) is 0 Å². The molecule has 84 valence electrons. The number of benzene rings is 1. The van der Waals surface area contributed by atoms with Crippen LogP contribution in [0.1, 0.15) is 11.3 Å². The Hall–Kier alpha value is -1.74. The van der Waals surface area contributed by atoms with Crippen LogP contribution in [-0.2, 0) is 6.61 Å². The SMILES string of the molecule is COc1c(CO)cccc1-c1ccc(C)o1. The van der Waals surface area contributed by atoms with Gasteiger partial charge in [-0.3, -0.25) is 0 Å². The van der Waals surface area contributed by atoms with Gasteiger partial charge in [0.15, 0.2) is 0 Å². The highest BCUT2D eigenvalue weighted by molar-refractivity contribution is 5.68. The van der Waals surface area contributed by atoms with E-state index in [-0.39, 0.29) is 6.61 Å². The zero-order valence-corrected chi connectivity index (χ0v) is 9.36. The number of furan rings is 1. The lowest BCUT2D eigenvalue weighted by atomic mass is 10.1. The molecular formula is C13H14O3. The van der Waals surface area contributed by atoms with Crippen LogP contribution in [0.3, 0.4) is 0 Å². The number of ether oxygens (including phenoxy) is 1. The number of hydrogen-bond acceptors (Lipinski definition) is 3. The molecule has 0 aliphatic heterocycles. The van der Waals surface area contributed by atoms with Gasteiger partial charge >= 0.3 is 0 Å². The maximum absolute atomic E-state index is 9.22. The number of hydrogen-bond donors (Lipinski definition) is 1. The quantitative estimate of drug-likeness (QED) is 0.861. The summed E-state index contributed by atoms with van der Waals surface area (Å²) in [6.45, 7) is 1.85. The number of methoxy groups -OCH3 is 1. The van der Waals surface area contributed by atoms with E-state index in [4.69, 9.17) is 9.15 Å². The van der Waals surface area contributed by atoms with E-state index in [0.717, 1.165) is 22.6 Å². The molecule has 0 unspecified atom stereocenters. The Morgan fingerprint density at radius 2 is 2.06 bits per heavy atom. The van der Waals surface area contributed by atoms with Gasteiger partial charge in [-0.05, 0) is 25.1 Å². The van der Waals surface area contributed by atoms with Gasteiger partial charge in [-0.1, -0.05) is 12.1 Å². The minimum absolute atomic E-state index is 0.0449. The first kappa shape index (κ1) is 10.8. The molecule has 2 rings (SSSR count). The summed E-state index contributed by atoms with van der Waals surface area (Å²) in [5.74, 6) is 2.27. The Labute approximate surface area is 94.3 Å². The van der Waals surface area contributed by atoms with Crippen molar-refractivity contribution in [2.75, 3.05) is 7.11 Å². The molecular weight excluding hydrogens is 204 g/mol. The zero-order valence-electron chi connectivity index (χ0n) is 9.36. The van der Waals surface area contributed by atoms with Crippen LogP contribution in [0.5, 0.6) is 5.75 Å². The average molecular weight is 218 g/mol. The normalized spacial score (nSPS) is 10.4. The smallest absolute Gasteiger partial charge is 0.137 e. The third-order valence-electron chi connectivity index (χ3n) is 2.48. The molecule has 1 heterocycles. The second-order valence-electron chi connectivity index (χ2n) is 3.57. The molecule has 0 saturated heterocycles. The summed E-state index contributed by atoms with van der Waals surface area (Å²) in [6, 6.07) is 9.42. The fourth-order valence-electron chi connectivity index (χ4n) is 1.72. The van der Waals surface area contributed by atoms with Crippen LogP contribution in [0.15, 0.2) is 34.7 Å². The van der Waals surface area contributed by atoms with Crippen LogP contribution >= 0.6 is 0 Å². The van der Waals surface area contributed by atoms with E-state index in [1.54, 1.807) is 7.11 Å². The molecule has 0 aliphatic carbocycles. The minimum Gasteiger partial charge on any atom is -0.496 e. The molecule has 1 aromatic heterocycles. The second-order valence-corrected chi connectivity index (χ2v) is 3.57. The monoisotopic (exact) mass is 218 g/mol. The van der Waals surface area contributed by atoms with Gasteiger partial charge in [-0.2, -0.15) is 0 Å². The Balaban J connectivity index is 2.56. The van der Waals surface area contributed by atoms with Crippen molar-refractivity contribution < 1.29 is 14.3 Å². The fourth-order valence-corrected chi connectivity index (χ4v) is 1.72. The molecule has 16 heavy (non-hydrogen) atoms. The van der Waals surface area contributed by atoms with E-state index >= 15 is 0 Å². The molecule has 3 heteroatoms. The van der Waals surface area contributed by atoms with Crippen molar-refractivity contribution >= 4 is 0 Å². The highest BCUT2D eigenvalue weighted by Gasteiger charge is 2.12. The standard InChI is InChI=1S/C13H14O3/c1-9-6-7-12(16-9)11-5-3-4-10(8-14)13(11)15-2/h3-7,14H,8H2,1-2H3. The average Bonchev–Trinajstić information content (AvgIpc) is 2.74. The van der Waals surface area contributed by atoms with E-state index in [1.165, 1.54) is 0 Å². The lowest BCUT2D eigenvalue weighted by Gasteiger charge is -2.10. The fraction of sp³-hybridized carbons (Fsp3) is 0.231. The largest absolute Gasteiger partial charge is 0.496 e. The maximum atomic E-state index is 9.22. The van der Waals surface area contributed by atoms with E-state index in [1.807, 2.05) is 37.3 Å². The van der Waals surface area contributed by atoms with E-state index < -0.39 is 0 Å². The van der Waals surface area contributed by atoms with Crippen molar-refractivity contribution in [1.82, 2.24) is 0 Å². The predicted octanol–water partition coefficient (Wildman–Crippen LogP) is 2.76. The predicted molar refractivity (Wildman–Crippen MR) is 61.4 cm³/mol. The zero-order chi connectivity index (χ0) is 11.5. The summed E-state index contributed by atoms with van der Waals surface area (Å²) in [4.78, 5) is 0. The molecule has 0 aliphatic rings. The molecule has 0 spiro atoms. The van der Waals surface area contributed by atoms with E-state index in [2.05, 4.69) is 0 Å². The Morgan fingerprint density at radius 3 is 2.62 bits per heavy atom. The molecule has 2 aromatic rings.